The lowest BCUT2D eigenvalue weighted by Gasteiger charge is -2.31. The normalized spacial score (nSPS) is 17.3. The van der Waals surface area contributed by atoms with Crippen LogP contribution >= 0.6 is 7.60 Å². The molecule has 0 aliphatic carbocycles. The number of esters is 1. The molecule has 0 bridgehead atoms. The highest BCUT2D eigenvalue weighted by atomic mass is 31.2. The van der Waals surface area contributed by atoms with Crippen molar-refractivity contribution in [1.29, 1.82) is 0 Å². The van der Waals surface area contributed by atoms with E-state index in [1.165, 1.54) is 23.3 Å². The highest BCUT2D eigenvalue weighted by Crippen LogP contribution is 2.56. The van der Waals surface area contributed by atoms with E-state index in [1.807, 2.05) is 37.3 Å². The molecule has 44 heavy (non-hydrogen) atoms. The van der Waals surface area contributed by atoms with Crippen LogP contribution in [0.5, 0.6) is 0 Å². The van der Waals surface area contributed by atoms with Gasteiger partial charge in [-0.15, -0.1) is 0 Å². The largest absolute Gasteiger partial charge is 0.480 e. The predicted octanol–water partition coefficient (Wildman–Crippen LogP) is 5.35. The van der Waals surface area contributed by atoms with Crippen molar-refractivity contribution in [3.05, 3.63) is 60.1 Å². The number of furan rings is 1. The van der Waals surface area contributed by atoms with Crippen molar-refractivity contribution in [3.63, 3.8) is 0 Å². The molecule has 1 aromatic carbocycles. The SMILES string of the molecule is CCCCC(OC(=O)c1ccco1)P(=O)(OC)O[C@@H](CCCCNC(=O)OCc1ccccc1)C(=O)N1CCC[C@H]1C(=O)O. The van der Waals surface area contributed by atoms with E-state index in [-0.39, 0.29) is 44.7 Å². The maximum atomic E-state index is 14.1. The third-order valence-electron chi connectivity index (χ3n) is 7.12. The summed E-state index contributed by atoms with van der Waals surface area (Å²) in [6.07, 6.45) is 2.27. The van der Waals surface area contributed by atoms with Crippen molar-refractivity contribution in [2.24, 2.45) is 0 Å². The molecule has 2 unspecified atom stereocenters. The molecule has 1 aliphatic heterocycles. The maximum absolute atomic E-state index is 14.1. The van der Waals surface area contributed by atoms with Crippen molar-refractivity contribution in [2.45, 2.75) is 82.9 Å². The lowest BCUT2D eigenvalue weighted by molar-refractivity contribution is -0.151. The quantitative estimate of drug-likeness (QED) is 0.123. The van der Waals surface area contributed by atoms with E-state index in [9.17, 15) is 28.8 Å². The molecule has 2 N–H and O–H groups in total. The number of carbonyl (C=O) groups excluding carboxylic acids is 3. The Kier molecular flexibility index (Phi) is 13.9. The fourth-order valence-corrected chi connectivity index (χ4v) is 6.49. The topological polar surface area (TPSA) is 171 Å². The Morgan fingerprint density at radius 3 is 2.52 bits per heavy atom. The number of carbonyl (C=O) groups is 4. The van der Waals surface area contributed by atoms with Crippen LogP contribution in [0.15, 0.2) is 53.1 Å². The smallest absolute Gasteiger partial charge is 0.407 e. The van der Waals surface area contributed by atoms with Gasteiger partial charge in [-0.1, -0.05) is 43.7 Å². The average molecular weight is 637 g/mol. The minimum Gasteiger partial charge on any atom is -0.480 e. The van der Waals surface area contributed by atoms with Crippen LogP contribution in [-0.4, -0.2) is 72.1 Å². The van der Waals surface area contributed by atoms with Gasteiger partial charge in [0.05, 0.1) is 6.26 Å². The van der Waals surface area contributed by atoms with Crippen molar-refractivity contribution < 1.29 is 51.8 Å². The van der Waals surface area contributed by atoms with Gasteiger partial charge in [-0.05, 0) is 62.6 Å². The highest BCUT2D eigenvalue weighted by molar-refractivity contribution is 7.54. The zero-order chi connectivity index (χ0) is 32.0. The lowest BCUT2D eigenvalue weighted by atomic mass is 10.1. The minimum absolute atomic E-state index is 0.0440. The van der Waals surface area contributed by atoms with Crippen LogP contribution in [0, 0.1) is 0 Å². The monoisotopic (exact) mass is 636 g/mol. The van der Waals surface area contributed by atoms with Crippen molar-refractivity contribution >= 4 is 31.5 Å². The van der Waals surface area contributed by atoms with Gasteiger partial charge < -0.3 is 33.7 Å². The van der Waals surface area contributed by atoms with E-state index in [1.54, 1.807) is 0 Å². The highest BCUT2D eigenvalue weighted by Gasteiger charge is 2.45. The van der Waals surface area contributed by atoms with Crippen LogP contribution in [0.25, 0.3) is 0 Å². The van der Waals surface area contributed by atoms with Crippen molar-refractivity contribution in [2.75, 3.05) is 20.2 Å². The van der Waals surface area contributed by atoms with Crippen LogP contribution in [0.1, 0.15) is 74.4 Å². The number of carboxylic acids is 1. The Balaban J connectivity index is 1.67. The van der Waals surface area contributed by atoms with E-state index in [4.69, 9.17) is 22.9 Å². The number of hydrogen-bond donors (Lipinski definition) is 2. The average Bonchev–Trinajstić information content (AvgIpc) is 3.75. The van der Waals surface area contributed by atoms with E-state index in [0.717, 1.165) is 12.7 Å². The number of hydrogen-bond acceptors (Lipinski definition) is 10. The Labute approximate surface area is 256 Å². The van der Waals surface area contributed by atoms with E-state index >= 15 is 0 Å². The number of nitrogens with zero attached hydrogens (tertiary/aromatic N) is 1. The second-order valence-electron chi connectivity index (χ2n) is 10.3. The molecule has 0 saturated carbocycles. The van der Waals surface area contributed by atoms with Gasteiger partial charge in [0.1, 0.15) is 18.8 Å². The second-order valence-corrected chi connectivity index (χ2v) is 12.5. The molecule has 1 aliphatic rings. The molecule has 242 valence electrons. The molecular weight excluding hydrogens is 595 g/mol. The molecule has 14 heteroatoms. The Hall–Kier alpha value is -3.67. The summed E-state index contributed by atoms with van der Waals surface area (Å²) in [6, 6.07) is 11.1. The van der Waals surface area contributed by atoms with Crippen molar-refractivity contribution in [1.82, 2.24) is 10.2 Å². The summed E-state index contributed by atoms with van der Waals surface area (Å²) in [7, 11) is -3.13. The van der Waals surface area contributed by atoms with Crippen LogP contribution in [-0.2, 0) is 39.3 Å². The van der Waals surface area contributed by atoms with E-state index < -0.39 is 49.5 Å². The lowest BCUT2D eigenvalue weighted by Crippen LogP contribution is -2.46. The first-order chi connectivity index (χ1) is 21.2. The zero-order valence-corrected chi connectivity index (χ0v) is 25.9. The Morgan fingerprint density at radius 2 is 1.86 bits per heavy atom. The summed E-state index contributed by atoms with van der Waals surface area (Å²) in [6.45, 7) is 2.46. The number of benzene rings is 1. The zero-order valence-electron chi connectivity index (χ0n) is 25.1. The van der Waals surface area contributed by atoms with Gasteiger partial charge in [0, 0.05) is 20.2 Å². The molecule has 3 rings (SSSR count). The summed E-state index contributed by atoms with van der Waals surface area (Å²) in [5, 5.41) is 12.3. The number of unbranched alkanes of at least 4 members (excludes halogenated alkanes) is 2. The van der Waals surface area contributed by atoms with Crippen LogP contribution in [0.3, 0.4) is 0 Å². The van der Waals surface area contributed by atoms with Gasteiger partial charge in [-0.3, -0.25) is 13.9 Å². The van der Waals surface area contributed by atoms with Gasteiger partial charge in [0.15, 0.2) is 0 Å². The predicted molar refractivity (Wildman–Crippen MR) is 158 cm³/mol. The molecule has 0 radical (unpaired) electrons. The fraction of sp³-hybridized carbons (Fsp3) is 0.533. The molecule has 1 fully saturated rings. The molecule has 4 atom stereocenters. The molecular formula is C30H41N2O11P. The third-order valence-corrected chi connectivity index (χ3v) is 9.25. The molecule has 1 aromatic heterocycles. The first-order valence-corrected chi connectivity index (χ1v) is 16.4. The van der Waals surface area contributed by atoms with Gasteiger partial charge >= 0.3 is 25.6 Å². The maximum Gasteiger partial charge on any atom is 0.407 e. The van der Waals surface area contributed by atoms with Crippen LogP contribution in [0.2, 0.25) is 0 Å². The Morgan fingerprint density at radius 1 is 1.09 bits per heavy atom. The van der Waals surface area contributed by atoms with Gasteiger partial charge in [-0.25, -0.2) is 14.4 Å². The number of rotatable bonds is 18. The number of aliphatic carboxylic acids is 1. The molecule has 0 spiro atoms. The first kappa shape index (κ1) is 34.8. The number of amides is 2. The number of likely N-dealkylation sites (tertiary alicyclic amines) is 1. The molecule has 2 amide bonds. The molecule has 2 heterocycles. The van der Waals surface area contributed by atoms with Crippen LogP contribution < -0.4 is 5.32 Å². The molecule has 1 saturated heterocycles. The van der Waals surface area contributed by atoms with Gasteiger partial charge in [-0.2, -0.15) is 0 Å². The van der Waals surface area contributed by atoms with Gasteiger partial charge in [0.25, 0.3) is 5.91 Å². The molecule has 2 aromatic rings. The number of carboxylic acid groups (broad SMARTS) is 1. The summed E-state index contributed by atoms with van der Waals surface area (Å²) >= 11 is 0. The standard InChI is InChI=1S/C30H41N2O11P/c1-3-4-17-26(42-29(36)25-16-11-20-40-25)44(38,39-2)43-24(27(33)32-19-10-14-23(32)28(34)35)15-8-9-18-31-30(37)41-21-22-12-6-5-7-13-22/h5-7,11-13,16,20,23-24,26H,3-4,8-10,14-15,17-19,21H2,1-2H3,(H,31,37)(H,34,35)/t23-,24-,26?,44?/m0/s1. The number of alkyl carbamates (subject to hydrolysis) is 1. The van der Waals surface area contributed by atoms with Crippen LogP contribution in [0.4, 0.5) is 4.79 Å². The Bertz CT molecular complexity index is 1250. The minimum atomic E-state index is -4.27. The fourth-order valence-electron chi connectivity index (χ4n) is 4.76. The number of nitrogens with one attached hydrogen (secondary N) is 1. The number of ether oxygens (including phenoxy) is 2. The molecule has 13 nitrogen and oxygen atoms in total. The van der Waals surface area contributed by atoms with Gasteiger partial charge in [0.2, 0.25) is 11.6 Å². The first-order valence-electron chi connectivity index (χ1n) is 14.7. The van der Waals surface area contributed by atoms with E-state index in [0.29, 0.717) is 32.1 Å². The third kappa shape index (κ3) is 10.2. The summed E-state index contributed by atoms with van der Waals surface area (Å²) in [5.74, 6) is -4.09. The summed E-state index contributed by atoms with van der Waals surface area (Å²) < 4.78 is 41.1. The summed E-state index contributed by atoms with van der Waals surface area (Å²) in [4.78, 5) is 51.4. The second kappa shape index (κ2) is 17.6. The van der Waals surface area contributed by atoms with E-state index in [2.05, 4.69) is 5.32 Å². The summed E-state index contributed by atoms with van der Waals surface area (Å²) in [5.41, 5.74) is 0.845. The van der Waals surface area contributed by atoms with Crippen molar-refractivity contribution in [3.8, 4) is 0 Å².